The molecule has 0 saturated heterocycles. The zero-order valence-electron chi connectivity index (χ0n) is 13.1. The average Bonchev–Trinajstić information content (AvgIpc) is 2.41. The number of fused-ring (bicyclic) bond motifs is 1. The summed E-state index contributed by atoms with van der Waals surface area (Å²) in [4.78, 5) is 14.5. The first kappa shape index (κ1) is 14.9. The molecule has 1 aromatic rings. The molecule has 3 heteroatoms. The number of para-hydroxylation sites is 1. The van der Waals surface area contributed by atoms with Gasteiger partial charge in [-0.25, -0.2) is 0 Å². The number of nitrogens with one attached hydrogen (secondary N) is 1. The standard InChI is InChI=1S/C17H26N2O/c1-5-17(3,4)18-16(20)12-19-13(2)10-11-14-8-6-7-9-15(14)19/h6-9,13H,5,10-12H2,1-4H3,(H,18,20)/t13-/m0/s1. The Balaban J connectivity index is 2.11. The van der Waals surface area contributed by atoms with Gasteiger partial charge in [-0.15, -0.1) is 0 Å². The lowest BCUT2D eigenvalue weighted by molar-refractivity contribution is -0.121. The lowest BCUT2D eigenvalue weighted by Gasteiger charge is -2.37. The van der Waals surface area contributed by atoms with Crippen LogP contribution in [-0.4, -0.2) is 24.0 Å². The minimum absolute atomic E-state index is 0.111. The highest BCUT2D eigenvalue weighted by Crippen LogP contribution is 2.30. The van der Waals surface area contributed by atoms with Gasteiger partial charge in [0.05, 0.1) is 6.54 Å². The van der Waals surface area contributed by atoms with Gasteiger partial charge in [-0.3, -0.25) is 4.79 Å². The number of aryl methyl sites for hydroxylation is 1. The van der Waals surface area contributed by atoms with E-state index in [-0.39, 0.29) is 11.4 Å². The third-order valence-electron chi connectivity index (χ3n) is 4.34. The lowest BCUT2D eigenvalue weighted by Crippen LogP contribution is -2.50. The first-order valence-corrected chi connectivity index (χ1v) is 7.58. The van der Waals surface area contributed by atoms with Crippen LogP contribution in [0, 0.1) is 0 Å². The van der Waals surface area contributed by atoms with Gasteiger partial charge in [-0.2, -0.15) is 0 Å². The first-order chi connectivity index (χ1) is 9.43. The molecular formula is C17H26N2O. The molecule has 3 nitrogen and oxygen atoms in total. The summed E-state index contributed by atoms with van der Waals surface area (Å²) in [6.07, 6.45) is 3.16. The summed E-state index contributed by atoms with van der Waals surface area (Å²) in [6, 6.07) is 8.84. The Morgan fingerprint density at radius 2 is 2.10 bits per heavy atom. The number of hydrogen-bond donors (Lipinski definition) is 1. The second-order valence-electron chi connectivity index (χ2n) is 6.43. The molecule has 0 saturated carbocycles. The molecule has 1 heterocycles. The lowest BCUT2D eigenvalue weighted by atomic mass is 9.96. The van der Waals surface area contributed by atoms with E-state index in [1.165, 1.54) is 11.3 Å². The normalized spacial score (nSPS) is 18.6. The first-order valence-electron chi connectivity index (χ1n) is 7.58. The van der Waals surface area contributed by atoms with Crippen molar-refractivity contribution in [1.82, 2.24) is 5.32 Å². The molecule has 20 heavy (non-hydrogen) atoms. The van der Waals surface area contributed by atoms with Gasteiger partial charge in [0.2, 0.25) is 5.91 Å². The number of carbonyl (C=O) groups excluding carboxylic acids is 1. The van der Waals surface area contributed by atoms with Gasteiger partial charge in [0, 0.05) is 17.3 Å². The third-order valence-corrected chi connectivity index (χ3v) is 4.34. The maximum atomic E-state index is 12.3. The third kappa shape index (κ3) is 3.33. The van der Waals surface area contributed by atoms with E-state index in [0.29, 0.717) is 12.6 Å². The summed E-state index contributed by atoms with van der Waals surface area (Å²) in [7, 11) is 0. The van der Waals surface area contributed by atoms with E-state index in [4.69, 9.17) is 0 Å². The molecule has 0 spiro atoms. The molecule has 1 atom stereocenters. The Hall–Kier alpha value is -1.51. The van der Waals surface area contributed by atoms with Crippen LogP contribution in [0.2, 0.25) is 0 Å². The van der Waals surface area contributed by atoms with Crippen molar-refractivity contribution in [2.45, 2.75) is 58.5 Å². The van der Waals surface area contributed by atoms with E-state index in [0.717, 1.165) is 19.3 Å². The highest BCUT2D eigenvalue weighted by Gasteiger charge is 2.26. The molecule has 1 aromatic carbocycles. The molecule has 0 fully saturated rings. The SMILES string of the molecule is CCC(C)(C)NC(=O)CN1c2ccccc2CC[C@@H]1C. The molecule has 110 valence electrons. The van der Waals surface area contributed by atoms with Crippen LogP contribution in [0.15, 0.2) is 24.3 Å². The number of rotatable bonds is 4. The van der Waals surface area contributed by atoms with E-state index < -0.39 is 0 Å². The Kier molecular flexibility index (Phi) is 4.36. The predicted octanol–water partition coefficient (Wildman–Crippen LogP) is 3.13. The van der Waals surface area contributed by atoms with Crippen LogP contribution in [0.5, 0.6) is 0 Å². The monoisotopic (exact) mass is 274 g/mol. The smallest absolute Gasteiger partial charge is 0.239 e. The number of hydrogen-bond acceptors (Lipinski definition) is 2. The van der Waals surface area contributed by atoms with Gasteiger partial charge in [0.25, 0.3) is 0 Å². The van der Waals surface area contributed by atoms with Crippen LogP contribution in [0.1, 0.15) is 46.1 Å². The number of anilines is 1. The van der Waals surface area contributed by atoms with Crippen molar-refractivity contribution in [3.8, 4) is 0 Å². The van der Waals surface area contributed by atoms with E-state index in [1.807, 2.05) is 0 Å². The maximum absolute atomic E-state index is 12.3. The average molecular weight is 274 g/mol. The summed E-state index contributed by atoms with van der Waals surface area (Å²) >= 11 is 0. The van der Waals surface area contributed by atoms with Crippen LogP contribution in [0.25, 0.3) is 0 Å². The molecule has 0 bridgehead atoms. The van der Waals surface area contributed by atoms with E-state index >= 15 is 0 Å². The quantitative estimate of drug-likeness (QED) is 0.915. The minimum atomic E-state index is -0.129. The summed E-state index contributed by atoms with van der Waals surface area (Å²) in [5.74, 6) is 0.111. The van der Waals surface area contributed by atoms with Crippen LogP contribution >= 0.6 is 0 Å². The van der Waals surface area contributed by atoms with Gasteiger partial charge in [-0.1, -0.05) is 25.1 Å². The van der Waals surface area contributed by atoms with Crippen LogP contribution < -0.4 is 10.2 Å². The molecule has 1 N–H and O–H groups in total. The fourth-order valence-electron chi connectivity index (χ4n) is 2.66. The van der Waals surface area contributed by atoms with Crippen LogP contribution in [0.3, 0.4) is 0 Å². The summed E-state index contributed by atoms with van der Waals surface area (Å²) in [5.41, 5.74) is 2.44. The van der Waals surface area contributed by atoms with E-state index in [9.17, 15) is 4.79 Å². The molecule has 2 rings (SSSR count). The molecule has 1 aliphatic heterocycles. The van der Waals surface area contributed by atoms with Gasteiger partial charge < -0.3 is 10.2 Å². The predicted molar refractivity (Wildman–Crippen MR) is 84.1 cm³/mol. The number of nitrogens with zero attached hydrogens (tertiary/aromatic N) is 1. The van der Waals surface area contributed by atoms with E-state index in [2.05, 4.69) is 62.2 Å². The van der Waals surface area contributed by atoms with Crippen molar-refractivity contribution in [1.29, 1.82) is 0 Å². The fraction of sp³-hybridized carbons (Fsp3) is 0.588. The minimum Gasteiger partial charge on any atom is -0.359 e. The zero-order valence-corrected chi connectivity index (χ0v) is 13.1. The Morgan fingerprint density at radius 1 is 1.40 bits per heavy atom. The van der Waals surface area contributed by atoms with Gasteiger partial charge in [0.15, 0.2) is 0 Å². The molecule has 1 aliphatic rings. The van der Waals surface area contributed by atoms with Gasteiger partial charge in [0.1, 0.15) is 0 Å². The summed E-state index contributed by atoms with van der Waals surface area (Å²) in [6.45, 7) is 8.88. The molecule has 1 amide bonds. The Morgan fingerprint density at radius 3 is 2.80 bits per heavy atom. The van der Waals surface area contributed by atoms with Crippen molar-refractivity contribution in [3.05, 3.63) is 29.8 Å². The van der Waals surface area contributed by atoms with Crippen LogP contribution in [-0.2, 0) is 11.2 Å². The van der Waals surface area contributed by atoms with Crippen molar-refractivity contribution >= 4 is 11.6 Å². The highest BCUT2D eigenvalue weighted by atomic mass is 16.2. The largest absolute Gasteiger partial charge is 0.359 e. The molecule has 0 unspecified atom stereocenters. The van der Waals surface area contributed by atoms with Crippen molar-refractivity contribution in [2.24, 2.45) is 0 Å². The van der Waals surface area contributed by atoms with Crippen molar-refractivity contribution in [2.75, 3.05) is 11.4 Å². The fourth-order valence-corrected chi connectivity index (χ4v) is 2.66. The second kappa shape index (κ2) is 5.86. The van der Waals surface area contributed by atoms with Gasteiger partial charge >= 0.3 is 0 Å². The van der Waals surface area contributed by atoms with Crippen molar-refractivity contribution in [3.63, 3.8) is 0 Å². The van der Waals surface area contributed by atoms with Gasteiger partial charge in [-0.05, 0) is 51.7 Å². The Bertz CT molecular complexity index is 482. The molecule has 0 aliphatic carbocycles. The maximum Gasteiger partial charge on any atom is 0.239 e. The summed E-state index contributed by atoms with van der Waals surface area (Å²) < 4.78 is 0. The number of carbonyl (C=O) groups is 1. The summed E-state index contributed by atoms with van der Waals surface area (Å²) in [5, 5.41) is 3.12. The van der Waals surface area contributed by atoms with Crippen LogP contribution in [0.4, 0.5) is 5.69 Å². The second-order valence-corrected chi connectivity index (χ2v) is 6.43. The van der Waals surface area contributed by atoms with E-state index in [1.54, 1.807) is 0 Å². The molecule has 0 aromatic heterocycles. The highest BCUT2D eigenvalue weighted by molar-refractivity contribution is 5.82. The molecule has 0 radical (unpaired) electrons. The molecular weight excluding hydrogens is 248 g/mol. The Labute approximate surface area is 122 Å². The topological polar surface area (TPSA) is 32.3 Å². The van der Waals surface area contributed by atoms with Crippen molar-refractivity contribution < 1.29 is 4.79 Å². The number of benzene rings is 1. The zero-order chi connectivity index (χ0) is 14.8. The number of amides is 1.